The highest BCUT2D eigenvalue weighted by molar-refractivity contribution is 7.95. The number of nitrogens with zero attached hydrogens (tertiary/aromatic N) is 3. The molecule has 0 radical (unpaired) electrons. The molecule has 48 heavy (non-hydrogen) atoms. The maximum Gasteiger partial charge on any atom is 0.187 e. The third kappa shape index (κ3) is 8.93. The van der Waals surface area contributed by atoms with Crippen LogP contribution in [0.15, 0.2) is 156 Å². The van der Waals surface area contributed by atoms with Gasteiger partial charge in [0.2, 0.25) is 0 Å². The third-order valence-corrected chi connectivity index (χ3v) is 12.0. The van der Waals surface area contributed by atoms with Crippen molar-refractivity contribution < 1.29 is 4.74 Å². The average Bonchev–Trinajstić information content (AvgIpc) is 3.16. The van der Waals surface area contributed by atoms with E-state index in [2.05, 4.69) is 123 Å². The van der Waals surface area contributed by atoms with Gasteiger partial charge >= 0.3 is 0 Å². The van der Waals surface area contributed by atoms with E-state index in [-0.39, 0.29) is 0 Å². The average molecular weight is 691 g/mol. The van der Waals surface area contributed by atoms with Crippen molar-refractivity contribution in [3.8, 4) is 0 Å². The molecule has 1 heterocycles. The van der Waals surface area contributed by atoms with E-state index in [1.807, 2.05) is 42.5 Å². The van der Waals surface area contributed by atoms with Gasteiger partial charge in [0, 0.05) is 37.1 Å². The van der Waals surface area contributed by atoms with Gasteiger partial charge in [0.25, 0.3) is 0 Å². The van der Waals surface area contributed by atoms with Crippen LogP contribution < -0.4 is 37.4 Å². The summed E-state index contributed by atoms with van der Waals surface area (Å²) in [6.07, 6.45) is 3.96. The molecule has 0 aliphatic heterocycles. The molecule has 0 saturated heterocycles. The lowest BCUT2D eigenvalue weighted by atomic mass is 10.0. The summed E-state index contributed by atoms with van der Waals surface area (Å²) in [5.41, 5.74) is 8.65. The van der Waals surface area contributed by atoms with Crippen LogP contribution in [0.5, 0.6) is 0 Å². The number of nitrogens with one attached hydrogen (secondary N) is 4. The molecule has 8 nitrogen and oxygen atoms in total. The molecular formula is C37H37N7OPS2+. The van der Waals surface area contributed by atoms with E-state index in [1.54, 1.807) is 19.4 Å². The van der Waals surface area contributed by atoms with Crippen molar-refractivity contribution in [1.29, 1.82) is 0 Å². The van der Waals surface area contributed by atoms with E-state index in [4.69, 9.17) is 34.3 Å². The van der Waals surface area contributed by atoms with Crippen molar-refractivity contribution in [2.75, 3.05) is 26.5 Å². The fourth-order valence-corrected chi connectivity index (χ4v) is 9.06. The molecule has 242 valence electrons. The highest BCUT2D eigenvalue weighted by Crippen LogP contribution is 2.55. The first-order chi connectivity index (χ1) is 23.6. The summed E-state index contributed by atoms with van der Waals surface area (Å²) < 4.78 is 6.48. The first-order valence-corrected chi connectivity index (χ1v) is 18.2. The van der Waals surface area contributed by atoms with E-state index < -0.39 is 7.26 Å². The maximum absolute atomic E-state index is 6.48. The Bertz CT molecular complexity index is 1720. The van der Waals surface area contributed by atoms with Gasteiger partial charge in [-0.1, -0.05) is 84.9 Å². The minimum absolute atomic E-state index is 0.357. The molecule has 5 rings (SSSR count). The topological polar surface area (TPSA) is 95.0 Å². The fourth-order valence-electron chi connectivity index (χ4n) is 5.08. The Hall–Kier alpha value is -4.86. The maximum atomic E-state index is 6.48. The summed E-state index contributed by atoms with van der Waals surface area (Å²) in [7, 11) is -0.364. The standard InChI is InChI=1S/C37H36N7OPS2/c1-38-36(47)43-41-35(30-22-24-39-25-23-30)34(29-14-6-2-7-15-29)42-44-37(48)40-26-27-45-28-46(31-16-8-3-9-17-31,32-18-10-4-11-19-32)33-20-12-5-13-21-33/h2-25H,26-28H2,1H3,(H3-,38,39,40,41,42,43,44,47,48)/p+1. The van der Waals surface area contributed by atoms with Crippen LogP contribution in [0.4, 0.5) is 0 Å². The highest BCUT2D eigenvalue weighted by atomic mass is 32.1. The van der Waals surface area contributed by atoms with Gasteiger partial charge in [0.1, 0.15) is 34.6 Å². The Morgan fingerprint density at radius 2 is 1.06 bits per heavy atom. The monoisotopic (exact) mass is 690 g/mol. The molecule has 4 aromatic carbocycles. The van der Waals surface area contributed by atoms with Crippen LogP contribution >= 0.6 is 31.7 Å². The summed E-state index contributed by atoms with van der Waals surface area (Å²) in [6, 6.07) is 45.5. The van der Waals surface area contributed by atoms with Crippen molar-refractivity contribution in [3.05, 3.63) is 157 Å². The second kappa shape index (κ2) is 17.9. The number of hydrazone groups is 2. The number of pyridine rings is 1. The molecule has 0 spiro atoms. The molecule has 0 amide bonds. The number of hydrogen-bond acceptors (Lipinski definition) is 6. The summed E-state index contributed by atoms with van der Waals surface area (Å²) in [6.45, 7) is 0.935. The number of ether oxygens (including phenoxy) is 1. The summed E-state index contributed by atoms with van der Waals surface area (Å²) in [4.78, 5) is 4.15. The minimum atomic E-state index is -2.09. The normalized spacial score (nSPS) is 11.8. The largest absolute Gasteiger partial charge is 0.364 e. The molecule has 0 aliphatic rings. The molecule has 0 fully saturated rings. The fraction of sp³-hybridized carbons (Fsp3) is 0.108. The van der Waals surface area contributed by atoms with Crippen molar-refractivity contribution in [1.82, 2.24) is 26.5 Å². The summed E-state index contributed by atoms with van der Waals surface area (Å²) in [5, 5.41) is 19.9. The van der Waals surface area contributed by atoms with Gasteiger partial charge in [-0.25, -0.2) is 0 Å². The molecule has 1 aromatic heterocycles. The Kier molecular flexibility index (Phi) is 12.8. The first kappa shape index (κ1) is 34.5. The number of hydrogen-bond donors (Lipinski definition) is 4. The van der Waals surface area contributed by atoms with E-state index in [0.717, 1.165) is 11.1 Å². The molecule has 4 N–H and O–H groups in total. The zero-order valence-electron chi connectivity index (χ0n) is 26.5. The third-order valence-electron chi connectivity index (χ3n) is 7.40. The Morgan fingerprint density at radius 1 is 0.625 bits per heavy atom. The Balaban J connectivity index is 1.30. The second-order valence-electron chi connectivity index (χ2n) is 10.4. The van der Waals surface area contributed by atoms with Crippen molar-refractivity contribution >= 4 is 69.3 Å². The molecule has 0 bridgehead atoms. The molecule has 5 aromatic rings. The van der Waals surface area contributed by atoms with E-state index in [1.165, 1.54) is 15.9 Å². The predicted octanol–water partition coefficient (Wildman–Crippen LogP) is 4.72. The van der Waals surface area contributed by atoms with Crippen molar-refractivity contribution in [2.24, 2.45) is 10.2 Å². The molecule has 0 unspecified atom stereocenters. The van der Waals surface area contributed by atoms with Gasteiger partial charge in [0.05, 0.1) is 6.61 Å². The quantitative estimate of drug-likeness (QED) is 0.0464. The molecule has 0 atom stereocenters. The van der Waals surface area contributed by atoms with E-state index in [9.17, 15) is 0 Å². The molecular weight excluding hydrogens is 654 g/mol. The van der Waals surface area contributed by atoms with Crippen LogP contribution in [-0.4, -0.2) is 53.2 Å². The Labute approximate surface area is 293 Å². The lowest BCUT2D eigenvalue weighted by Gasteiger charge is -2.27. The van der Waals surface area contributed by atoms with Crippen LogP contribution in [-0.2, 0) is 4.74 Å². The van der Waals surface area contributed by atoms with Gasteiger partial charge in [-0.3, -0.25) is 15.8 Å². The van der Waals surface area contributed by atoms with Crippen LogP contribution in [0.1, 0.15) is 11.1 Å². The SMILES string of the molecule is CNC(=S)N/N=C(/C(=N/NC(=S)NCCOC[P+](c1ccccc1)(c1ccccc1)c1ccccc1)c1ccccc1)c1ccncc1. The molecule has 0 aliphatic carbocycles. The van der Waals surface area contributed by atoms with Crippen molar-refractivity contribution in [2.45, 2.75) is 0 Å². The van der Waals surface area contributed by atoms with E-state index >= 15 is 0 Å². The van der Waals surface area contributed by atoms with E-state index in [0.29, 0.717) is 41.1 Å². The second-order valence-corrected chi connectivity index (χ2v) is 14.7. The lowest BCUT2D eigenvalue weighted by molar-refractivity contribution is 0.185. The van der Waals surface area contributed by atoms with Gasteiger partial charge in [-0.2, -0.15) is 10.2 Å². The van der Waals surface area contributed by atoms with Crippen LogP contribution in [0.2, 0.25) is 0 Å². The number of aromatic nitrogens is 1. The summed E-state index contributed by atoms with van der Waals surface area (Å²) in [5.74, 6) is 0. The highest BCUT2D eigenvalue weighted by Gasteiger charge is 2.45. The minimum Gasteiger partial charge on any atom is -0.364 e. The first-order valence-electron chi connectivity index (χ1n) is 15.4. The smallest absolute Gasteiger partial charge is 0.187 e. The molecule has 11 heteroatoms. The van der Waals surface area contributed by atoms with Gasteiger partial charge in [-0.05, 0) is 73.0 Å². The zero-order valence-corrected chi connectivity index (χ0v) is 29.0. The van der Waals surface area contributed by atoms with Crippen LogP contribution in [0.25, 0.3) is 0 Å². The van der Waals surface area contributed by atoms with Crippen LogP contribution in [0.3, 0.4) is 0 Å². The van der Waals surface area contributed by atoms with Crippen molar-refractivity contribution in [3.63, 3.8) is 0 Å². The molecule has 0 saturated carbocycles. The van der Waals surface area contributed by atoms with Crippen LogP contribution in [0, 0.1) is 0 Å². The number of benzene rings is 4. The van der Waals surface area contributed by atoms with Gasteiger partial charge in [-0.15, -0.1) is 0 Å². The summed E-state index contributed by atoms with van der Waals surface area (Å²) >= 11 is 10.9. The van der Waals surface area contributed by atoms with Gasteiger partial charge in [0.15, 0.2) is 16.6 Å². The van der Waals surface area contributed by atoms with Gasteiger partial charge < -0.3 is 15.4 Å². The predicted molar refractivity (Wildman–Crippen MR) is 208 cm³/mol. The Morgan fingerprint density at radius 3 is 1.54 bits per heavy atom. The number of thiocarbonyl (C=S) groups is 2. The lowest BCUT2D eigenvalue weighted by Crippen LogP contribution is -2.37. The number of rotatable bonds is 13. The zero-order chi connectivity index (χ0) is 33.4.